The summed E-state index contributed by atoms with van der Waals surface area (Å²) in [6, 6.07) is 2.94. The first-order chi connectivity index (χ1) is 8.58. The maximum absolute atomic E-state index is 11.3. The van der Waals surface area contributed by atoms with Gasteiger partial charge in [-0.3, -0.25) is 14.9 Å². The number of likely N-dealkylation sites (tertiary alicyclic amines) is 1. The van der Waals surface area contributed by atoms with Crippen LogP contribution in [-0.2, 0) is 4.79 Å². The number of carbonyl (C=O) groups is 1. The minimum absolute atomic E-state index is 0.00120. The van der Waals surface area contributed by atoms with E-state index in [1.165, 1.54) is 18.3 Å². The van der Waals surface area contributed by atoms with Crippen molar-refractivity contribution in [3.05, 3.63) is 28.4 Å². The third kappa shape index (κ3) is 2.55. The maximum atomic E-state index is 11.3. The number of nitrogens with one attached hydrogen (secondary N) is 1. The van der Waals surface area contributed by atoms with Gasteiger partial charge in [0.2, 0.25) is 11.7 Å². The molecule has 0 aliphatic carbocycles. The van der Waals surface area contributed by atoms with E-state index in [1.807, 2.05) is 0 Å². The Labute approximate surface area is 104 Å². The van der Waals surface area contributed by atoms with Crippen LogP contribution in [0.1, 0.15) is 12.8 Å². The van der Waals surface area contributed by atoms with Gasteiger partial charge in [0.1, 0.15) is 0 Å². The summed E-state index contributed by atoms with van der Waals surface area (Å²) in [6.07, 6.45) is 2.62. The molecule has 18 heavy (non-hydrogen) atoms. The number of amides is 1. The van der Waals surface area contributed by atoms with Gasteiger partial charge in [-0.1, -0.05) is 0 Å². The molecule has 1 saturated heterocycles. The summed E-state index contributed by atoms with van der Waals surface area (Å²) in [6.45, 7) is 0.534. The van der Waals surface area contributed by atoms with E-state index < -0.39 is 4.92 Å². The second-order valence-corrected chi connectivity index (χ2v) is 4.28. The van der Waals surface area contributed by atoms with E-state index in [1.54, 1.807) is 11.9 Å². The number of pyridine rings is 1. The lowest BCUT2D eigenvalue weighted by atomic mass is 10.1. The van der Waals surface area contributed by atoms with Crippen LogP contribution in [0.3, 0.4) is 0 Å². The Morgan fingerprint density at radius 2 is 2.39 bits per heavy atom. The van der Waals surface area contributed by atoms with E-state index in [-0.39, 0.29) is 23.5 Å². The number of likely N-dealkylation sites (N-methyl/N-ethyl adjacent to an activating group) is 1. The van der Waals surface area contributed by atoms with E-state index in [0.717, 1.165) is 0 Å². The number of anilines is 1. The molecular formula is C11H14N4O3. The monoisotopic (exact) mass is 250 g/mol. The van der Waals surface area contributed by atoms with Crippen molar-refractivity contribution in [1.29, 1.82) is 0 Å². The van der Waals surface area contributed by atoms with Gasteiger partial charge in [-0.2, -0.15) is 0 Å². The maximum Gasteiger partial charge on any atom is 0.311 e. The van der Waals surface area contributed by atoms with Gasteiger partial charge in [-0.25, -0.2) is 4.98 Å². The lowest BCUT2D eigenvalue weighted by Crippen LogP contribution is -2.43. The Morgan fingerprint density at radius 3 is 3.06 bits per heavy atom. The van der Waals surface area contributed by atoms with Gasteiger partial charge < -0.3 is 10.2 Å². The molecule has 0 bridgehead atoms. The Hall–Kier alpha value is -2.18. The fourth-order valence-electron chi connectivity index (χ4n) is 1.98. The quantitative estimate of drug-likeness (QED) is 0.639. The molecule has 1 amide bonds. The highest BCUT2D eigenvalue weighted by atomic mass is 16.6. The van der Waals surface area contributed by atoms with Gasteiger partial charge in [0, 0.05) is 38.3 Å². The molecule has 1 aliphatic heterocycles. The highest BCUT2D eigenvalue weighted by molar-refractivity contribution is 5.77. The number of hydrogen-bond donors (Lipinski definition) is 1. The molecule has 1 fully saturated rings. The summed E-state index contributed by atoms with van der Waals surface area (Å²) < 4.78 is 0. The highest BCUT2D eigenvalue weighted by Crippen LogP contribution is 2.23. The summed E-state index contributed by atoms with van der Waals surface area (Å²) in [7, 11) is 1.73. The first kappa shape index (κ1) is 12.3. The summed E-state index contributed by atoms with van der Waals surface area (Å²) >= 11 is 0. The Bertz CT molecular complexity index is 477. The summed E-state index contributed by atoms with van der Waals surface area (Å²) in [5, 5.41) is 13.9. The van der Waals surface area contributed by atoms with E-state index in [0.29, 0.717) is 19.4 Å². The van der Waals surface area contributed by atoms with Crippen LogP contribution in [0, 0.1) is 10.1 Å². The van der Waals surface area contributed by atoms with Crippen LogP contribution in [0.4, 0.5) is 11.5 Å². The molecule has 1 aliphatic rings. The third-order valence-corrected chi connectivity index (χ3v) is 2.95. The molecule has 1 atom stereocenters. The molecule has 7 heteroatoms. The van der Waals surface area contributed by atoms with Gasteiger partial charge in [0.05, 0.1) is 4.92 Å². The number of carbonyl (C=O) groups excluding carboxylic acids is 1. The summed E-state index contributed by atoms with van der Waals surface area (Å²) in [5.74, 6) is 0.360. The Kier molecular flexibility index (Phi) is 3.40. The predicted octanol–water partition coefficient (Wildman–Crippen LogP) is 1.02. The Balaban J connectivity index is 2.10. The number of piperidine rings is 1. The zero-order chi connectivity index (χ0) is 13.1. The molecule has 1 aromatic rings. The normalized spacial score (nSPS) is 19.7. The molecule has 1 unspecified atom stereocenters. The smallest absolute Gasteiger partial charge is 0.311 e. The van der Waals surface area contributed by atoms with Gasteiger partial charge in [-0.05, 0) is 12.5 Å². The van der Waals surface area contributed by atoms with Crippen molar-refractivity contribution in [2.75, 3.05) is 18.9 Å². The molecule has 0 aromatic carbocycles. The first-order valence-electron chi connectivity index (χ1n) is 5.68. The number of hydrogen-bond acceptors (Lipinski definition) is 5. The van der Waals surface area contributed by atoms with Crippen LogP contribution in [-0.4, -0.2) is 40.3 Å². The van der Waals surface area contributed by atoms with Crippen molar-refractivity contribution in [3.8, 4) is 0 Å². The van der Waals surface area contributed by atoms with Crippen molar-refractivity contribution in [2.45, 2.75) is 18.9 Å². The largest absolute Gasteiger partial charge is 0.360 e. The topological polar surface area (TPSA) is 88.4 Å². The average molecular weight is 250 g/mol. The lowest BCUT2D eigenvalue weighted by molar-refractivity contribution is -0.384. The standard InChI is InChI=1S/C11H14N4O3/c1-14-7-8(4-5-10(14)16)13-11-9(15(17)18)3-2-6-12-11/h2-3,6,8H,4-5,7H2,1H3,(H,12,13). The number of nitrogens with zero attached hydrogens (tertiary/aromatic N) is 3. The van der Waals surface area contributed by atoms with Gasteiger partial charge in [0.25, 0.3) is 0 Å². The van der Waals surface area contributed by atoms with Crippen molar-refractivity contribution in [3.63, 3.8) is 0 Å². The minimum atomic E-state index is -0.465. The predicted molar refractivity (Wildman–Crippen MR) is 65.2 cm³/mol. The molecular weight excluding hydrogens is 236 g/mol. The SMILES string of the molecule is CN1CC(Nc2ncccc2[N+](=O)[O-])CCC1=O. The minimum Gasteiger partial charge on any atom is -0.360 e. The first-order valence-corrected chi connectivity index (χ1v) is 5.68. The molecule has 0 radical (unpaired) electrons. The average Bonchev–Trinajstić information content (AvgIpc) is 2.34. The zero-order valence-electron chi connectivity index (χ0n) is 10.00. The van der Waals surface area contributed by atoms with Crippen LogP contribution < -0.4 is 5.32 Å². The second kappa shape index (κ2) is 4.99. The van der Waals surface area contributed by atoms with Crippen LogP contribution in [0.15, 0.2) is 18.3 Å². The molecule has 7 nitrogen and oxygen atoms in total. The molecule has 0 spiro atoms. The van der Waals surface area contributed by atoms with Crippen LogP contribution >= 0.6 is 0 Å². The van der Waals surface area contributed by atoms with E-state index in [2.05, 4.69) is 10.3 Å². The second-order valence-electron chi connectivity index (χ2n) is 4.28. The molecule has 1 aromatic heterocycles. The number of nitro groups is 1. The summed E-state index contributed by atoms with van der Waals surface area (Å²) in [5.41, 5.74) is -0.0444. The van der Waals surface area contributed by atoms with Crippen molar-refractivity contribution < 1.29 is 9.72 Å². The van der Waals surface area contributed by atoms with Crippen LogP contribution in [0.25, 0.3) is 0 Å². The molecule has 1 N–H and O–H groups in total. The summed E-state index contributed by atoms with van der Waals surface area (Å²) in [4.78, 5) is 27.3. The van der Waals surface area contributed by atoms with Gasteiger partial charge >= 0.3 is 5.69 Å². The van der Waals surface area contributed by atoms with Gasteiger partial charge in [0.15, 0.2) is 0 Å². The molecule has 96 valence electrons. The van der Waals surface area contributed by atoms with Crippen molar-refractivity contribution >= 4 is 17.4 Å². The van der Waals surface area contributed by atoms with Crippen LogP contribution in [0.2, 0.25) is 0 Å². The van der Waals surface area contributed by atoms with Crippen LogP contribution in [0.5, 0.6) is 0 Å². The molecule has 2 rings (SSSR count). The number of aromatic nitrogens is 1. The van der Waals surface area contributed by atoms with E-state index in [9.17, 15) is 14.9 Å². The van der Waals surface area contributed by atoms with E-state index in [4.69, 9.17) is 0 Å². The fraction of sp³-hybridized carbons (Fsp3) is 0.455. The molecule has 2 heterocycles. The van der Waals surface area contributed by atoms with E-state index >= 15 is 0 Å². The van der Waals surface area contributed by atoms with Gasteiger partial charge in [-0.15, -0.1) is 0 Å². The number of rotatable bonds is 3. The Morgan fingerprint density at radius 1 is 1.61 bits per heavy atom. The third-order valence-electron chi connectivity index (χ3n) is 2.95. The van der Waals surface area contributed by atoms with Crippen molar-refractivity contribution in [2.24, 2.45) is 0 Å². The van der Waals surface area contributed by atoms with Crippen molar-refractivity contribution in [1.82, 2.24) is 9.88 Å². The lowest BCUT2D eigenvalue weighted by Gasteiger charge is -2.30. The fourth-order valence-corrected chi connectivity index (χ4v) is 1.98. The zero-order valence-corrected chi connectivity index (χ0v) is 10.00. The molecule has 0 saturated carbocycles. The highest BCUT2D eigenvalue weighted by Gasteiger charge is 2.25.